The molecule has 0 spiro atoms. The standard InChI is InChI=1S/C16H16BrClN2O/c1-10-4-6-12(9-15(10)20(2)3)19-16(21)13-8-11(17)5-7-14(13)18/h4-9H,1-3H3,(H,19,21). The summed E-state index contributed by atoms with van der Waals surface area (Å²) < 4.78 is 0.815. The van der Waals surface area contributed by atoms with Crippen LogP contribution in [0.1, 0.15) is 15.9 Å². The molecular weight excluding hydrogens is 352 g/mol. The van der Waals surface area contributed by atoms with E-state index in [-0.39, 0.29) is 5.91 Å². The lowest BCUT2D eigenvalue weighted by Gasteiger charge is -2.17. The van der Waals surface area contributed by atoms with E-state index in [4.69, 9.17) is 11.6 Å². The summed E-state index contributed by atoms with van der Waals surface area (Å²) in [6.45, 7) is 2.03. The van der Waals surface area contributed by atoms with Crippen molar-refractivity contribution in [3.8, 4) is 0 Å². The van der Waals surface area contributed by atoms with Gasteiger partial charge in [-0.15, -0.1) is 0 Å². The van der Waals surface area contributed by atoms with Crippen molar-refractivity contribution in [2.24, 2.45) is 0 Å². The Morgan fingerprint density at radius 2 is 1.90 bits per heavy atom. The third-order valence-electron chi connectivity index (χ3n) is 3.12. The third-order valence-corrected chi connectivity index (χ3v) is 3.94. The van der Waals surface area contributed by atoms with Crippen LogP contribution in [0.4, 0.5) is 11.4 Å². The average Bonchev–Trinajstić information content (AvgIpc) is 2.43. The van der Waals surface area contributed by atoms with Crippen LogP contribution in [0.25, 0.3) is 0 Å². The number of carbonyl (C=O) groups excluding carboxylic acids is 1. The van der Waals surface area contributed by atoms with Gasteiger partial charge in [-0.2, -0.15) is 0 Å². The van der Waals surface area contributed by atoms with Crippen molar-refractivity contribution in [3.63, 3.8) is 0 Å². The van der Waals surface area contributed by atoms with Crippen molar-refractivity contribution in [3.05, 3.63) is 57.0 Å². The van der Waals surface area contributed by atoms with E-state index in [1.807, 2.05) is 44.1 Å². The molecule has 0 saturated carbocycles. The van der Waals surface area contributed by atoms with E-state index in [1.165, 1.54) is 0 Å². The van der Waals surface area contributed by atoms with Crippen LogP contribution >= 0.6 is 27.5 Å². The zero-order valence-electron chi connectivity index (χ0n) is 12.1. The molecule has 2 rings (SSSR count). The number of hydrogen-bond acceptors (Lipinski definition) is 2. The largest absolute Gasteiger partial charge is 0.377 e. The molecule has 0 heterocycles. The maximum atomic E-state index is 12.3. The lowest BCUT2D eigenvalue weighted by atomic mass is 10.1. The van der Waals surface area contributed by atoms with Crippen LogP contribution in [0.15, 0.2) is 40.9 Å². The summed E-state index contributed by atoms with van der Waals surface area (Å²) in [5.74, 6) is -0.227. The van der Waals surface area contributed by atoms with Crippen molar-refractivity contribution >= 4 is 44.8 Å². The van der Waals surface area contributed by atoms with Gasteiger partial charge in [0.25, 0.3) is 5.91 Å². The Morgan fingerprint density at radius 1 is 1.19 bits per heavy atom. The van der Waals surface area contributed by atoms with Crippen LogP contribution in [0.2, 0.25) is 5.02 Å². The molecule has 1 N–H and O–H groups in total. The minimum Gasteiger partial charge on any atom is -0.377 e. The zero-order chi connectivity index (χ0) is 15.6. The predicted molar refractivity (Wildman–Crippen MR) is 92.6 cm³/mol. The Labute approximate surface area is 138 Å². The molecule has 21 heavy (non-hydrogen) atoms. The molecule has 0 fully saturated rings. The van der Waals surface area contributed by atoms with Gasteiger partial charge in [-0.3, -0.25) is 4.79 Å². The zero-order valence-corrected chi connectivity index (χ0v) is 14.4. The number of carbonyl (C=O) groups is 1. The van der Waals surface area contributed by atoms with Crippen molar-refractivity contribution in [1.82, 2.24) is 0 Å². The Morgan fingerprint density at radius 3 is 2.57 bits per heavy atom. The molecule has 110 valence electrons. The van der Waals surface area contributed by atoms with Crippen LogP contribution in [-0.4, -0.2) is 20.0 Å². The fourth-order valence-electron chi connectivity index (χ4n) is 2.04. The highest BCUT2D eigenvalue weighted by Gasteiger charge is 2.12. The Hall–Kier alpha value is -1.52. The highest BCUT2D eigenvalue weighted by molar-refractivity contribution is 9.10. The van der Waals surface area contributed by atoms with Crippen molar-refractivity contribution in [1.29, 1.82) is 0 Å². The van der Waals surface area contributed by atoms with Gasteiger partial charge in [-0.05, 0) is 42.8 Å². The summed E-state index contributed by atoms with van der Waals surface area (Å²) in [4.78, 5) is 14.3. The molecule has 0 unspecified atom stereocenters. The number of hydrogen-bond donors (Lipinski definition) is 1. The van der Waals surface area contributed by atoms with Crippen LogP contribution in [0.5, 0.6) is 0 Å². The highest BCUT2D eigenvalue weighted by atomic mass is 79.9. The Kier molecular flexibility index (Phi) is 4.91. The number of halogens is 2. The number of rotatable bonds is 3. The van der Waals surface area contributed by atoms with E-state index in [9.17, 15) is 4.79 Å². The second kappa shape index (κ2) is 6.50. The predicted octanol–water partition coefficient (Wildman–Crippen LogP) is 4.73. The lowest BCUT2D eigenvalue weighted by Crippen LogP contribution is -2.14. The summed E-state index contributed by atoms with van der Waals surface area (Å²) in [6.07, 6.45) is 0. The minimum atomic E-state index is -0.227. The van der Waals surface area contributed by atoms with Gasteiger partial charge < -0.3 is 10.2 Å². The van der Waals surface area contributed by atoms with Gasteiger partial charge in [0, 0.05) is 29.9 Å². The van der Waals surface area contributed by atoms with Gasteiger partial charge in [-0.1, -0.05) is 33.6 Å². The molecule has 0 aliphatic rings. The first-order valence-electron chi connectivity index (χ1n) is 6.43. The van der Waals surface area contributed by atoms with E-state index in [0.29, 0.717) is 10.6 Å². The molecule has 0 aliphatic heterocycles. The van der Waals surface area contributed by atoms with Gasteiger partial charge in [0.1, 0.15) is 0 Å². The normalized spacial score (nSPS) is 10.3. The van der Waals surface area contributed by atoms with E-state index in [0.717, 1.165) is 21.4 Å². The van der Waals surface area contributed by atoms with Crippen LogP contribution in [-0.2, 0) is 0 Å². The molecule has 2 aromatic carbocycles. The van der Waals surface area contributed by atoms with Gasteiger partial charge in [0.15, 0.2) is 0 Å². The number of amides is 1. The highest BCUT2D eigenvalue weighted by Crippen LogP contribution is 2.25. The molecule has 1 amide bonds. The summed E-state index contributed by atoms with van der Waals surface area (Å²) in [7, 11) is 3.94. The molecule has 0 saturated heterocycles. The fourth-order valence-corrected chi connectivity index (χ4v) is 2.60. The smallest absolute Gasteiger partial charge is 0.257 e. The van der Waals surface area contributed by atoms with E-state index in [2.05, 4.69) is 21.2 Å². The third kappa shape index (κ3) is 3.77. The van der Waals surface area contributed by atoms with Crippen LogP contribution in [0.3, 0.4) is 0 Å². The molecule has 5 heteroatoms. The van der Waals surface area contributed by atoms with Crippen LogP contribution < -0.4 is 10.2 Å². The molecular formula is C16H16BrClN2O. The van der Waals surface area contributed by atoms with E-state index < -0.39 is 0 Å². The van der Waals surface area contributed by atoms with Gasteiger partial charge >= 0.3 is 0 Å². The maximum absolute atomic E-state index is 12.3. The molecule has 0 atom stereocenters. The Bertz CT molecular complexity index is 686. The van der Waals surface area contributed by atoms with Crippen molar-refractivity contribution in [2.75, 3.05) is 24.3 Å². The summed E-state index contributed by atoms with van der Waals surface area (Å²) in [5.41, 5.74) is 3.40. The molecule has 0 radical (unpaired) electrons. The Balaban J connectivity index is 2.27. The lowest BCUT2D eigenvalue weighted by molar-refractivity contribution is 0.102. The summed E-state index contributed by atoms with van der Waals surface area (Å²) in [6, 6.07) is 11.0. The second-order valence-electron chi connectivity index (χ2n) is 4.97. The molecule has 0 aromatic heterocycles. The summed E-state index contributed by atoms with van der Waals surface area (Å²) in [5, 5.41) is 3.30. The maximum Gasteiger partial charge on any atom is 0.257 e. The second-order valence-corrected chi connectivity index (χ2v) is 6.30. The van der Waals surface area contributed by atoms with Gasteiger partial charge in [0.05, 0.1) is 10.6 Å². The minimum absolute atomic E-state index is 0.227. The SMILES string of the molecule is Cc1ccc(NC(=O)c2cc(Br)ccc2Cl)cc1N(C)C. The van der Waals surface area contributed by atoms with Crippen molar-refractivity contribution in [2.45, 2.75) is 6.92 Å². The van der Waals surface area contributed by atoms with Crippen molar-refractivity contribution < 1.29 is 4.79 Å². The molecule has 2 aromatic rings. The summed E-state index contributed by atoms with van der Waals surface area (Å²) >= 11 is 9.42. The fraction of sp³-hybridized carbons (Fsp3) is 0.188. The first-order valence-corrected chi connectivity index (χ1v) is 7.60. The quantitative estimate of drug-likeness (QED) is 0.850. The van der Waals surface area contributed by atoms with E-state index >= 15 is 0 Å². The number of nitrogens with zero attached hydrogens (tertiary/aromatic N) is 1. The van der Waals surface area contributed by atoms with Gasteiger partial charge in [0.2, 0.25) is 0 Å². The number of nitrogens with one attached hydrogen (secondary N) is 1. The number of aryl methyl sites for hydroxylation is 1. The molecule has 0 bridgehead atoms. The molecule has 0 aliphatic carbocycles. The average molecular weight is 368 g/mol. The van der Waals surface area contributed by atoms with Gasteiger partial charge in [-0.25, -0.2) is 0 Å². The molecule has 3 nitrogen and oxygen atoms in total. The number of benzene rings is 2. The first kappa shape index (κ1) is 15.9. The first-order chi connectivity index (χ1) is 9.88. The number of anilines is 2. The topological polar surface area (TPSA) is 32.3 Å². The van der Waals surface area contributed by atoms with Crippen LogP contribution in [0, 0.1) is 6.92 Å². The van der Waals surface area contributed by atoms with E-state index in [1.54, 1.807) is 18.2 Å². The monoisotopic (exact) mass is 366 g/mol.